The lowest BCUT2D eigenvalue weighted by molar-refractivity contribution is -0.141. The molecule has 2 bridgehead atoms. The highest BCUT2D eigenvalue weighted by Crippen LogP contribution is 2.73. The molecule has 0 aromatic heterocycles. The number of carbonyl (C=O) groups is 2. The first-order valence-corrected chi connectivity index (χ1v) is 9.80. The van der Waals surface area contributed by atoms with Gasteiger partial charge in [-0.25, -0.2) is 0 Å². The molecule has 134 valence electrons. The molecule has 1 spiro atoms. The second-order valence-corrected chi connectivity index (χ2v) is 8.91. The Morgan fingerprint density at radius 3 is 2.27 bits per heavy atom. The number of benzene rings is 1. The van der Waals surface area contributed by atoms with E-state index >= 15 is 0 Å². The van der Waals surface area contributed by atoms with E-state index in [0.717, 1.165) is 33.6 Å². The van der Waals surface area contributed by atoms with Crippen molar-refractivity contribution in [3.63, 3.8) is 0 Å². The number of amides is 2. The Morgan fingerprint density at radius 2 is 1.77 bits per heavy atom. The first-order chi connectivity index (χ1) is 12.4. The van der Waals surface area contributed by atoms with Crippen molar-refractivity contribution in [2.75, 3.05) is 19.0 Å². The van der Waals surface area contributed by atoms with E-state index in [2.05, 4.69) is 33.2 Å². The Bertz CT molecular complexity index is 853. The van der Waals surface area contributed by atoms with Crippen molar-refractivity contribution < 1.29 is 9.59 Å². The van der Waals surface area contributed by atoms with Crippen LogP contribution in [0.2, 0.25) is 0 Å². The lowest BCUT2D eigenvalue weighted by Gasteiger charge is -2.18. The van der Waals surface area contributed by atoms with Gasteiger partial charge >= 0.3 is 0 Å². The smallest absolute Gasteiger partial charge is 0.254 e. The van der Waals surface area contributed by atoms with Crippen LogP contribution in [0.5, 0.6) is 0 Å². The maximum Gasteiger partial charge on any atom is 0.254 e. The fraction of sp³-hybridized carbons (Fsp3) is 0.450. The topological polar surface area (TPSA) is 53.0 Å². The molecule has 1 aromatic carbocycles. The van der Waals surface area contributed by atoms with Crippen LogP contribution in [0.15, 0.2) is 39.9 Å². The molecule has 26 heavy (non-hydrogen) atoms. The molecule has 1 aromatic rings. The van der Waals surface area contributed by atoms with Gasteiger partial charge in [0.05, 0.1) is 23.7 Å². The van der Waals surface area contributed by atoms with Crippen LogP contribution in [-0.2, 0) is 9.59 Å². The molecule has 2 amide bonds. The number of hydrogen-bond acceptors (Lipinski definition) is 4. The maximum atomic E-state index is 12.9. The zero-order valence-corrected chi connectivity index (χ0v) is 16.3. The van der Waals surface area contributed by atoms with Gasteiger partial charge in [0.15, 0.2) is 0 Å². The zero-order chi connectivity index (χ0) is 18.2. The Morgan fingerprint density at radius 1 is 1.15 bits per heavy atom. The number of halogens is 1. The van der Waals surface area contributed by atoms with Gasteiger partial charge in [0.1, 0.15) is 0 Å². The van der Waals surface area contributed by atoms with Gasteiger partial charge in [-0.05, 0) is 63.7 Å². The fourth-order valence-electron chi connectivity index (χ4n) is 5.27. The summed E-state index contributed by atoms with van der Waals surface area (Å²) in [6, 6.07) is 5.85. The van der Waals surface area contributed by atoms with Crippen LogP contribution >= 0.6 is 15.9 Å². The van der Waals surface area contributed by atoms with Crippen LogP contribution in [0, 0.1) is 29.1 Å². The Kier molecular flexibility index (Phi) is 3.30. The number of anilines is 1. The molecule has 5 nitrogen and oxygen atoms in total. The van der Waals surface area contributed by atoms with Crippen molar-refractivity contribution >= 4 is 39.6 Å². The third kappa shape index (κ3) is 1.99. The fourth-order valence-corrected chi connectivity index (χ4v) is 6.02. The van der Waals surface area contributed by atoms with E-state index < -0.39 is 0 Å². The van der Waals surface area contributed by atoms with Crippen molar-refractivity contribution in [1.29, 1.82) is 0 Å². The predicted octanol–water partition coefficient (Wildman–Crippen LogP) is 3.05. The average molecular weight is 414 g/mol. The molecule has 1 saturated heterocycles. The van der Waals surface area contributed by atoms with Gasteiger partial charge < -0.3 is 4.90 Å². The van der Waals surface area contributed by atoms with E-state index in [4.69, 9.17) is 0 Å². The van der Waals surface area contributed by atoms with Crippen molar-refractivity contribution in [2.24, 2.45) is 34.2 Å². The Labute approximate surface area is 160 Å². The molecule has 4 atom stereocenters. The van der Waals surface area contributed by atoms with E-state index in [1.165, 1.54) is 0 Å². The minimum atomic E-state index is -0.194. The molecular formula is C20H20BrN3O2. The van der Waals surface area contributed by atoms with Crippen LogP contribution in [-0.4, -0.2) is 37.1 Å². The van der Waals surface area contributed by atoms with Crippen LogP contribution in [0.1, 0.15) is 18.4 Å². The summed E-state index contributed by atoms with van der Waals surface area (Å²) in [7, 11) is 3.95. The molecule has 0 radical (unpaired) electrons. The highest BCUT2D eigenvalue weighted by atomic mass is 79.9. The third-order valence-corrected chi connectivity index (χ3v) is 7.24. The molecular weight excluding hydrogens is 394 g/mol. The second-order valence-electron chi connectivity index (χ2n) is 8.06. The van der Waals surface area contributed by atoms with Crippen molar-refractivity contribution in [2.45, 2.75) is 12.8 Å². The van der Waals surface area contributed by atoms with E-state index in [1.54, 1.807) is 6.21 Å². The molecule has 5 rings (SSSR count). The van der Waals surface area contributed by atoms with Crippen LogP contribution < -0.4 is 4.90 Å². The van der Waals surface area contributed by atoms with Gasteiger partial charge in [-0.1, -0.05) is 18.2 Å². The highest BCUT2D eigenvalue weighted by Gasteiger charge is 2.73. The standard InChI is InChI=1S/C20H20BrN3O2/c1-23(2)15-6-3-11(9-14(15)21)10-22-24-18(25)16-12-4-5-13(17(16)19(24)26)20(12)7-8-20/h3-6,9-10,12-13,16-17H,7-8H2,1-2H3/b22-10-. The van der Waals surface area contributed by atoms with Crippen molar-refractivity contribution in [1.82, 2.24) is 5.01 Å². The van der Waals surface area contributed by atoms with Gasteiger partial charge in [0, 0.05) is 18.6 Å². The summed E-state index contributed by atoms with van der Waals surface area (Å²) in [4.78, 5) is 27.8. The summed E-state index contributed by atoms with van der Waals surface area (Å²) in [5.74, 6) is -0.156. The summed E-state index contributed by atoms with van der Waals surface area (Å²) < 4.78 is 0.945. The molecule has 1 heterocycles. The summed E-state index contributed by atoms with van der Waals surface area (Å²) in [6.45, 7) is 0. The number of allylic oxidation sites excluding steroid dienone is 2. The molecule has 6 heteroatoms. The van der Waals surface area contributed by atoms with Gasteiger partial charge in [-0.3, -0.25) is 9.59 Å². The lowest BCUT2D eigenvalue weighted by atomic mass is 9.85. The summed E-state index contributed by atoms with van der Waals surface area (Å²) >= 11 is 3.55. The molecule has 3 aliphatic carbocycles. The first kappa shape index (κ1) is 16.2. The maximum absolute atomic E-state index is 12.9. The van der Waals surface area contributed by atoms with Crippen molar-refractivity contribution in [3.05, 3.63) is 40.4 Å². The highest BCUT2D eigenvalue weighted by molar-refractivity contribution is 9.10. The Balaban J connectivity index is 1.39. The first-order valence-electron chi connectivity index (χ1n) is 9.01. The van der Waals surface area contributed by atoms with Crippen LogP contribution in [0.3, 0.4) is 0 Å². The van der Waals surface area contributed by atoms with Crippen molar-refractivity contribution in [3.8, 4) is 0 Å². The van der Waals surface area contributed by atoms with E-state index in [9.17, 15) is 9.59 Å². The Hall–Kier alpha value is -1.95. The molecule has 2 saturated carbocycles. The minimum Gasteiger partial charge on any atom is -0.377 e. The molecule has 3 fully saturated rings. The minimum absolute atomic E-state index is 0.122. The monoisotopic (exact) mass is 413 g/mol. The van der Waals surface area contributed by atoms with E-state index in [-0.39, 0.29) is 40.9 Å². The summed E-state index contributed by atoms with van der Waals surface area (Å²) in [5.41, 5.74) is 2.13. The van der Waals surface area contributed by atoms with Gasteiger partial charge in [-0.15, -0.1) is 0 Å². The second kappa shape index (κ2) is 5.28. The number of rotatable bonds is 3. The molecule has 4 unspecified atom stereocenters. The quantitative estimate of drug-likeness (QED) is 0.434. The summed E-state index contributed by atoms with van der Waals surface area (Å²) in [5, 5.41) is 5.38. The van der Waals surface area contributed by atoms with E-state index in [0.29, 0.717) is 0 Å². The van der Waals surface area contributed by atoms with Crippen LogP contribution in [0.25, 0.3) is 0 Å². The number of hydrogen-bond donors (Lipinski definition) is 0. The largest absolute Gasteiger partial charge is 0.377 e. The molecule has 0 N–H and O–H groups in total. The van der Waals surface area contributed by atoms with Gasteiger partial charge in [0.25, 0.3) is 11.8 Å². The van der Waals surface area contributed by atoms with Crippen LogP contribution in [0.4, 0.5) is 5.69 Å². The zero-order valence-electron chi connectivity index (χ0n) is 14.7. The third-order valence-electron chi connectivity index (χ3n) is 6.61. The lowest BCUT2D eigenvalue weighted by Crippen LogP contribution is -2.30. The number of carbonyl (C=O) groups excluding carboxylic acids is 2. The average Bonchev–Trinajstić information content (AvgIpc) is 3.20. The predicted molar refractivity (Wildman–Crippen MR) is 103 cm³/mol. The van der Waals surface area contributed by atoms with E-state index in [1.807, 2.05) is 37.2 Å². The van der Waals surface area contributed by atoms with Gasteiger partial charge in [-0.2, -0.15) is 10.1 Å². The van der Waals surface area contributed by atoms with Gasteiger partial charge in [0.2, 0.25) is 0 Å². The number of hydrazone groups is 1. The number of nitrogens with zero attached hydrogens (tertiary/aromatic N) is 3. The molecule has 1 aliphatic heterocycles. The number of imide groups is 1. The summed E-state index contributed by atoms with van der Waals surface area (Å²) in [6.07, 6.45) is 8.25. The molecule has 4 aliphatic rings. The number of fused-ring (bicyclic) bond motifs is 3. The normalized spacial score (nSPS) is 33.0. The SMILES string of the molecule is CN(C)c1ccc(/C=N\N2C(=O)C3C(C2=O)C2C=CC3C23CC3)cc1Br.